The summed E-state index contributed by atoms with van der Waals surface area (Å²) in [5.74, 6) is -0.851. The Morgan fingerprint density at radius 2 is 1.86 bits per heavy atom. The summed E-state index contributed by atoms with van der Waals surface area (Å²) in [5, 5.41) is 13.5. The van der Waals surface area contributed by atoms with Crippen LogP contribution in [0.25, 0.3) is 16.5 Å². The van der Waals surface area contributed by atoms with Gasteiger partial charge in [0.2, 0.25) is 0 Å². The number of carbonyl (C=O) groups is 2. The van der Waals surface area contributed by atoms with Crippen molar-refractivity contribution in [3.05, 3.63) is 107 Å². The fourth-order valence-electron chi connectivity index (χ4n) is 4.51. The first-order chi connectivity index (χ1) is 17.0. The van der Waals surface area contributed by atoms with Gasteiger partial charge in [-0.25, -0.2) is 0 Å². The van der Waals surface area contributed by atoms with E-state index in [0.717, 1.165) is 10.8 Å². The van der Waals surface area contributed by atoms with Crippen LogP contribution in [0.4, 0.5) is 0 Å². The molecule has 2 heterocycles. The molecular formula is C28H22ClNO5. The zero-order chi connectivity index (χ0) is 24.5. The van der Waals surface area contributed by atoms with Crippen LogP contribution in [0, 0.1) is 0 Å². The molecule has 1 fully saturated rings. The molecule has 1 unspecified atom stereocenters. The minimum atomic E-state index is -0.849. The summed E-state index contributed by atoms with van der Waals surface area (Å²) in [6, 6.07) is 20.8. The number of amides is 1. The Balaban J connectivity index is 1.74. The fourth-order valence-corrected chi connectivity index (χ4v) is 4.72. The summed E-state index contributed by atoms with van der Waals surface area (Å²) >= 11 is 6.42. The van der Waals surface area contributed by atoms with Gasteiger partial charge in [0, 0.05) is 5.56 Å². The summed E-state index contributed by atoms with van der Waals surface area (Å²) in [6.45, 7) is 2.33. The van der Waals surface area contributed by atoms with Crippen LogP contribution >= 0.6 is 11.6 Å². The molecule has 6 nitrogen and oxygen atoms in total. The van der Waals surface area contributed by atoms with Crippen molar-refractivity contribution in [1.82, 2.24) is 4.90 Å². The number of Topliss-reactive ketones (excluding diaryl/α,β-unsaturated/α-hetero) is 1. The third kappa shape index (κ3) is 4.06. The Kier molecular flexibility index (Phi) is 6.05. The van der Waals surface area contributed by atoms with Crippen molar-refractivity contribution in [1.29, 1.82) is 0 Å². The van der Waals surface area contributed by atoms with Gasteiger partial charge in [0.1, 0.15) is 17.3 Å². The highest BCUT2D eigenvalue weighted by Gasteiger charge is 2.47. The first-order valence-corrected chi connectivity index (χ1v) is 11.6. The number of ether oxygens (including phenoxy) is 1. The molecule has 0 bridgehead atoms. The fraction of sp³-hybridized carbons (Fsp3) is 0.143. The average molecular weight is 488 g/mol. The molecule has 35 heavy (non-hydrogen) atoms. The second kappa shape index (κ2) is 9.31. The van der Waals surface area contributed by atoms with Crippen LogP contribution in [-0.4, -0.2) is 28.3 Å². The van der Waals surface area contributed by atoms with Crippen LogP contribution in [0.1, 0.15) is 29.9 Å². The first-order valence-electron chi connectivity index (χ1n) is 11.2. The molecular weight excluding hydrogens is 466 g/mol. The maximum absolute atomic E-state index is 13.4. The third-order valence-electron chi connectivity index (χ3n) is 6.07. The molecule has 176 valence electrons. The van der Waals surface area contributed by atoms with Gasteiger partial charge in [-0.2, -0.15) is 0 Å². The number of hydrogen-bond donors (Lipinski definition) is 1. The molecule has 1 amide bonds. The highest BCUT2D eigenvalue weighted by molar-refractivity contribution is 6.47. The molecule has 1 aromatic heterocycles. The Hall–Kier alpha value is -4.03. The van der Waals surface area contributed by atoms with Crippen molar-refractivity contribution in [3.8, 4) is 5.75 Å². The van der Waals surface area contributed by atoms with Crippen LogP contribution in [0.5, 0.6) is 5.75 Å². The summed E-state index contributed by atoms with van der Waals surface area (Å²) in [4.78, 5) is 28.1. The van der Waals surface area contributed by atoms with Gasteiger partial charge >= 0.3 is 0 Å². The molecule has 1 N–H and O–H groups in total. The SMILES string of the molecule is CCOc1ccc(Cl)c(/C(O)=C2\C(=O)C(=O)N(Cc3ccco3)C2c2cccc3ccccc23)c1. The molecule has 7 heteroatoms. The van der Waals surface area contributed by atoms with E-state index in [0.29, 0.717) is 23.7 Å². The second-order valence-electron chi connectivity index (χ2n) is 8.15. The first kappa shape index (κ1) is 22.7. The maximum atomic E-state index is 13.4. The quantitative estimate of drug-likeness (QED) is 0.202. The van der Waals surface area contributed by atoms with E-state index in [9.17, 15) is 14.7 Å². The van der Waals surface area contributed by atoms with Crippen LogP contribution in [0.2, 0.25) is 5.02 Å². The summed E-state index contributed by atoms with van der Waals surface area (Å²) < 4.78 is 11.0. The van der Waals surface area contributed by atoms with Crippen molar-refractivity contribution in [2.45, 2.75) is 19.5 Å². The predicted molar refractivity (Wildman–Crippen MR) is 133 cm³/mol. The lowest BCUT2D eigenvalue weighted by Crippen LogP contribution is -2.29. The van der Waals surface area contributed by atoms with Crippen molar-refractivity contribution >= 4 is 39.8 Å². The molecule has 1 aliphatic rings. The number of fused-ring (bicyclic) bond motifs is 1. The molecule has 5 rings (SSSR count). The smallest absolute Gasteiger partial charge is 0.296 e. The van der Waals surface area contributed by atoms with Gasteiger partial charge in [-0.05, 0) is 53.6 Å². The molecule has 1 atom stereocenters. The number of likely N-dealkylation sites (tertiary alicyclic amines) is 1. The Bertz CT molecular complexity index is 1450. The summed E-state index contributed by atoms with van der Waals surface area (Å²) in [7, 11) is 0. The number of benzene rings is 3. The number of nitrogens with zero attached hydrogens (tertiary/aromatic N) is 1. The minimum absolute atomic E-state index is 0.0338. The molecule has 1 aliphatic heterocycles. The lowest BCUT2D eigenvalue weighted by Gasteiger charge is -2.25. The number of aliphatic hydroxyl groups excluding tert-OH is 1. The highest BCUT2D eigenvalue weighted by atomic mass is 35.5. The number of aliphatic hydroxyl groups is 1. The van der Waals surface area contributed by atoms with Crippen LogP contribution in [0.15, 0.2) is 89.0 Å². The summed E-state index contributed by atoms with van der Waals surface area (Å²) in [6.07, 6.45) is 1.51. The molecule has 0 saturated carbocycles. The van der Waals surface area contributed by atoms with Crippen LogP contribution < -0.4 is 4.74 Å². The van der Waals surface area contributed by atoms with E-state index < -0.39 is 17.7 Å². The van der Waals surface area contributed by atoms with Crippen molar-refractivity contribution in [3.63, 3.8) is 0 Å². The monoisotopic (exact) mass is 487 g/mol. The van der Waals surface area contributed by atoms with E-state index in [2.05, 4.69) is 0 Å². The van der Waals surface area contributed by atoms with E-state index >= 15 is 0 Å². The molecule has 1 saturated heterocycles. The van der Waals surface area contributed by atoms with Crippen LogP contribution in [-0.2, 0) is 16.1 Å². The minimum Gasteiger partial charge on any atom is -0.507 e. The lowest BCUT2D eigenvalue weighted by molar-refractivity contribution is -0.140. The van der Waals surface area contributed by atoms with E-state index in [4.69, 9.17) is 20.8 Å². The maximum Gasteiger partial charge on any atom is 0.296 e. The van der Waals surface area contributed by atoms with E-state index in [1.54, 1.807) is 30.3 Å². The van der Waals surface area contributed by atoms with Crippen molar-refractivity contribution < 1.29 is 23.8 Å². The third-order valence-corrected chi connectivity index (χ3v) is 6.40. The molecule has 0 aliphatic carbocycles. The molecule has 0 spiro atoms. The van der Waals surface area contributed by atoms with E-state index in [-0.39, 0.29) is 28.5 Å². The second-order valence-corrected chi connectivity index (χ2v) is 8.56. The van der Waals surface area contributed by atoms with Gasteiger partial charge in [-0.1, -0.05) is 54.1 Å². The predicted octanol–water partition coefficient (Wildman–Crippen LogP) is 6.11. The van der Waals surface area contributed by atoms with E-state index in [1.807, 2.05) is 49.4 Å². The van der Waals surface area contributed by atoms with Gasteiger partial charge < -0.3 is 19.2 Å². The number of rotatable bonds is 6. The van der Waals surface area contributed by atoms with Crippen molar-refractivity contribution in [2.24, 2.45) is 0 Å². The Morgan fingerprint density at radius 3 is 2.63 bits per heavy atom. The number of hydrogen-bond acceptors (Lipinski definition) is 5. The highest BCUT2D eigenvalue weighted by Crippen LogP contribution is 2.43. The Labute approximate surface area is 207 Å². The van der Waals surface area contributed by atoms with Gasteiger partial charge in [0.15, 0.2) is 0 Å². The van der Waals surface area contributed by atoms with E-state index in [1.165, 1.54) is 11.2 Å². The molecule has 0 radical (unpaired) electrons. The number of halogens is 1. The average Bonchev–Trinajstić information content (AvgIpc) is 3.47. The molecule has 4 aromatic rings. The largest absolute Gasteiger partial charge is 0.507 e. The van der Waals surface area contributed by atoms with Gasteiger partial charge in [0.05, 0.1) is 36.1 Å². The van der Waals surface area contributed by atoms with Gasteiger partial charge in [0.25, 0.3) is 11.7 Å². The number of ketones is 1. The number of furan rings is 1. The van der Waals surface area contributed by atoms with Crippen molar-refractivity contribution in [2.75, 3.05) is 6.61 Å². The Morgan fingerprint density at radius 1 is 1.06 bits per heavy atom. The molecule has 3 aromatic carbocycles. The zero-order valence-electron chi connectivity index (χ0n) is 18.9. The summed E-state index contributed by atoms with van der Waals surface area (Å²) in [5.41, 5.74) is 0.903. The lowest BCUT2D eigenvalue weighted by atomic mass is 9.91. The standard InChI is InChI=1S/C28H22ClNO5/c1-2-34-18-12-13-23(29)22(15-18)26(31)24-25(21-11-5-8-17-7-3-4-10-20(17)21)30(28(33)27(24)32)16-19-9-6-14-35-19/h3-15,25,31H,2,16H2,1H3/b26-24+. The van der Waals surface area contributed by atoms with Gasteiger partial charge in [-0.3, -0.25) is 9.59 Å². The van der Waals surface area contributed by atoms with Crippen LogP contribution in [0.3, 0.4) is 0 Å². The number of carbonyl (C=O) groups excluding carboxylic acids is 2. The normalized spacial score (nSPS) is 17.3. The zero-order valence-corrected chi connectivity index (χ0v) is 19.7. The van der Waals surface area contributed by atoms with Gasteiger partial charge in [-0.15, -0.1) is 0 Å². The topological polar surface area (TPSA) is 80.0 Å².